The molecule has 18 heteroatoms. The molecule has 3 aromatic carbocycles. The average Bonchev–Trinajstić information content (AvgIpc) is 3.89. The summed E-state index contributed by atoms with van der Waals surface area (Å²) in [6.45, 7) is 0.133. The first kappa shape index (κ1) is 41.4. The summed E-state index contributed by atoms with van der Waals surface area (Å²) >= 11 is 0. The Morgan fingerprint density at radius 3 is 2.10 bits per heavy atom. The van der Waals surface area contributed by atoms with Crippen molar-refractivity contribution in [3.05, 3.63) is 102 Å². The maximum atomic E-state index is 14.4. The van der Waals surface area contributed by atoms with Crippen molar-refractivity contribution in [2.45, 2.75) is 75.2 Å². The van der Waals surface area contributed by atoms with Crippen LogP contribution in [0.25, 0.3) is 21.7 Å². The number of primary amides is 1. The number of H-pyrrole nitrogens is 2. The lowest BCUT2D eigenvalue weighted by Crippen LogP contribution is -2.59. The Bertz CT molecular complexity index is 2340. The van der Waals surface area contributed by atoms with Gasteiger partial charge >= 0.3 is 0 Å². The third-order valence-corrected chi connectivity index (χ3v) is 10.1. The SMILES string of the molecule is NC(=O)[C@@H]1CCC(=O)N[C@@H](Cc2cnc[nH]2)C(=O)N[C@H](Cc2ccc3ccccc3c2)C(=O)N[C@@H](CCCN=C(N)N)C(=O)N[C@@H](Cc2c[nH]c3ccccc23)C(=O)N1. The van der Waals surface area contributed by atoms with E-state index in [1.165, 1.54) is 12.5 Å². The molecular formula is C41H48N12O6. The van der Waals surface area contributed by atoms with Gasteiger partial charge in [0.25, 0.3) is 0 Å². The predicted molar refractivity (Wildman–Crippen MR) is 220 cm³/mol. The van der Waals surface area contributed by atoms with Crippen molar-refractivity contribution in [3.63, 3.8) is 0 Å². The fourth-order valence-corrected chi connectivity index (χ4v) is 7.06. The van der Waals surface area contributed by atoms with Gasteiger partial charge < -0.3 is 53.8 Å². The molecule has 0 spiro atoms. The van der Waals surface area contributed by atoms with Gasteiger partial charge in [0.15, 0.2) is 5.96 Å². The quantitative estimate of drug-likeness (QED) is 0.0481. The molecule has 3 heterocycles. The first-order valence-corrected chi connectivity index (χ1v) is 19.3. The van der Waals surface area contributed by atoms with Gasteiger partial charge in [-0.1, -0.05) is 60.7 Å². The fraction of sp³-hybridized carbons (Fsp3) is 0.317. The summed E-state index contributed by atoms with van der Waals surface area (Å²) in [5.41, 5.74) is 19.5. The molecule has 6 amide bonds. The van der Waals surface area contributed by atoms with E-state index in [1.54, 1.807) is 6.20 Å². The number of carbonyl (C=O) groups excluding carboxylic acids is 6. The Labute approximate surface area is 338 Å². The molecule has 13 N–H and O–H groups in total. The van der Waals surface area contributed by atoms with E-state index in [0.717, 1.165) is 21.7 Å². The van der Waals surface area contributed by atoms with Crippen molar-refractivity contribution in [2.24, 2.45) is 22.2 Å². The van der Waals surface area contributed by atoms with Gasteiger partial charge in [0.1, 0.15) is 30.2 Å². The van der Waals surface area contributed by atoms with Gasteiger partial charge in [0, 0.05) is 61.2 Å². The molecule has 0 aliphatic carbocycles. The molecular weight excluding hydrogens is 757 g/mol. The first-order chi connectivity index (χ1) is 28.4. The number of carbonyl (C=O) groups is 6. The summed E-state index contributed by atoms with van der Waals surface area (Å²) in [6, 6.07) is 14.5. The number of imidazole rings is 1. The number of hydrogen-bond donors (Lipinski definition) is 10. The van der Waals surface area contributed by atoms with Crippen LogP contribution in [0.5, 0.6) is 0 Å². The van der Waals surface area contributed by atoms with Crippen molar-refractivity contribution in [2.75, 3.05) is 6.54 Å². The van der Waals surface area contributed by atoms with Crippen molar-refractivity contribution in [1.82, 2.24) is 41.5 Å². The minimum Gasteiger partial charge on any atom is -0.370 e. The first-order valence-electron chi connectivity index (χ1n) is 19.3. The number of nitrogens with zero attached hydrogens (tertiary/aromatic N) is 2. The number of aromatic nitrogens is 3. The number of benzene rings is 3. The van der Waals surface area contributed by atoms with Crippen molar-refractivity contribution < 1.29 is 28.8 Å². The number of aliphatic imine (C=N–C) groups is 1. The van der Waals surface area contributed by atoms with Crippen LogP contribution in [0.4, 0.5) is 0 Å². The highest BCUT2D eigenvalue weighted by Gasteiger charge is 2.34. The Morgan fingerprint density at radius 1 is 0.712 bits per heavy atom. The highest BCUT2D eigenvalue weighted by Crippen LogP contribution is 2.20. The Morgan fingerprint density at radius 2 is 1.37 bits per heavy atom. The molecule has 1 saturated heterocycles. The maximum Gasteiger partial charge on any atom is 0.243 e. The van der Waals surface area contributed by atoms with Gasteiger partial charge in [0.05, 0.1) is 6.33 Å². The second kappa shape index (κ2) is 19.3. The van der Waals surface area contributed by atoms with Gasteiger partial charge in [-0.25, -0.2) is 4.98 Å². The topological polar surface area (TPSA) is 297 Å². The van der Waals surface area contributed by atoms with Crippen LogP contribution >= 0.6 is 0 Å². The molecule has 5 aromatic rings. The van der Waals surface area contributed by atoms with Gasteiger partial charge in [-0.05, 0) is 47.2 Å². The molecule has 1 aliphatic rings. The van der Waals surface area contributed by atoms with Crippen LogP contribution in [-0.4, -0.2) is 93.1 Å². The average molecular weight is 805 g/mol. The molecule has 1 fully saturated rings. The minimum atomic E-state index is -1.31. The number of nitrogens with one attached hydrogen (secondary N) is 7. The zero-order valence-corrected chi connectivity index (χ0v) is 32.2. The summed E-state index contributed by atoms with van der Waals surface area (Å²) < 4.78 is 0. The zero-order chi connectivity index (χ0) is 41.9. The van der Waals surface area contributed by atoms with Gasteiger partial charge in [0.2, 0.25) is 35.4 Å². The van der Waals surface area contributed by atoms with E-state index >= 15 is 0 Å². The van der Waals surface area contributed by atoms with Crippen LogP contribution in [0, 0.1) is 0 Å². The molecule has 5 atom stereocenters. The van der Waals surface area contributed by atoms with Crippen LogP contribution in [0.2, 0.25) is 0 Å². The minimum absolute atomic E-state index is 0.0152. The third-order valence-electron chi connectivity index (χ3n) is 10.1. The Balaban J connectivity index is 1.37. The van der Waals surface area contributed by atoms with Crippen molar-refractivity contribution in [1.29, 1.82) is 0 Å². The van der Waals surface area contributed by atoms with E-state index in [0.29, 0.717) is 16.8 Å². The van der Waals surface area contributed by atoms with Crippen molar-refractivity contribution >= 4 is 63.1 Å². The molecule has 308 valence electrons. The van der Waals surface area contributed by atoms with E-state index in [1.807, 2.05) is 66.7 Å². The summed E-state index contributed by atoms with van der Waals surface area (Å²) in [5, 5.41) is 16.4. The molecule has 0 radical (unpaired) electrons. The fourth-order valence-electron chi connectivity index (χ4n) is 7.06. The van der Waals surface area contributed by atoms with Crippen LogP contribution in [0.15, 0.2) is 90.4 Å². The van der Waals surface area contributed by atoms with E-state index in [4.69, 9.17) is 17.2 Å². The van der Waals surface area contributed by atoms with Crippen LogP contribution in [-0.2, 0) is 48.0 Å². The summed E-state index contributed by atoms with van der Waals surface area (Å²) in [6.07, 6.45) is 4.38. The standard InChI is InChI=1S/C41H48N12O6/c42-36(55)30-13-14-35(54)49-34(19-27-21-45-22-48-27)40(59)52-32(17-23-11-12-24-6-1-2-7-25(24)16-23)38(57)51-31(10-5-15-46-41(43)44)37(56)53-33(39(58)50-30)18-26-20-47-29-9-4-3-8-28(26)29/h1-4,6-9,11-12,16,20-22,30-34,47H,5,10,13-15,17-19H2,(H2,42,55)(H,45,48)(H,49,54)(H,50,58)(H,51,57)(H,52,59)(H,53,56)(H4,43,44,46)/t30-,31-,32+,33-,34-/m0/s1. The number of fused-ring (bicyclic) bond motifs is 2. The Kier molecular flexibility index (Phi) is 13.5. The van der Waals surface area contributed by atoms with Gasteiger partial charge in [-0.15, -0.1) is 0 Å². The number of aromatic amines is 2. The number of hydrogen-bond acceptors (Lipinski definition) is 8. The zero-order valence-electron chi connectivity index (χ0n) is 32.2. The number of rotatable bonds is 11. The number of amides is 6. The lowest BCUT2D eigenvalue weighted by Gasteiger charge is -2.27. The highest BCUT2D eigenvalue weighted by atomic mass is 16.2. The largest absolute Gasteiger partial charge is 0.370 e. The summed E-state index contributed by atoms with van der Waals surface area (Å²) in [4.78, 5) is 97.1. The van der Waals surface area contributed by atoms with Gasteiger partial charge in [-0.2, -0.15) is 0 Å². The summed E-state index contributed by atoms with van der Waals surface area (Å²) in [7, 11) is 0. The van der Waals surface area contributed by atoms with E-state index in [-0.39, 0.29) is 57.5 Å². The lowest BCUT2D eigenvalue weighted by atomic mass is 9.99. The van der Waals surface area contributed by atoms with Gasteiger partial charge in [-0.3, -0.25) is 33.8 Å². The molecule has 0 unspecified atom stereocenters. The van der Waals surface area contributed by atoms with E-state index < -0.39 is 65.7 Å². The molecule has 0 bridgehead atoms. The summed E-state index contributed by atoms with van der Waals surface area (Å²) in [5.74, 6) is -4.52. The third kappa shape index (κ3) is 11.2. The lowest BCUT2D eigenvalue weighted by molar-refractivity contribution is -0.134. The second-order valence-electron chi connectivity index (χ2n) is 14.5. The van der Waals surface area contributed by atoms with Crippen LogP contribution in [0.3, 0.4) is 0 Å². The normalized spacial score (nSPS) is 21.1. The van der Waals surface area contributed by atoms with Crippen LogP contribution in [0.1, 0.15) is 42.5 Å². The van der Waals surface area contributed by atoms with E-state index in [9.17, 15) is 28.8 Å². The number of para-hydroxylation sites is 1. The second-order valence-corrected chi connectivity index (χ2v) is 14.5. The molecule has 2 aromatic heterocycles. The van der Waals surface area contributed by atoms with E-state index in [2.05, 4.69) is 46.5 Å². The molecule has 18 nitrogen and oxygen atoms in total. The van der Waals surface area contributed by atoms with Crippen molar-refractivity contribution in [3.8, 4) is 0 Å². The monoisotopic (exact) mass is 804 g/mol. The molecule has 59 heavy (non-hydrogen) atoms. The van der Waals surface area contributed by atoms with Crippen LogP contribution < -0.4 is 43.8 Å². The highest BCUT2D eigenvalue weighted by molar-refractivity contribution is 5.97. The maximum absolute atomic E-state index is 14.4. The number of nitrogens with two attached hydrogens (primary N) is 3. The predicted octanol–water partition coefficient (Wildman–Crippen LogP) is -0.171. The molecule has 1 aliphatic heterocycles. The smallest absolute Gasteiger partial charge is 0.243 e. The number of guanidine groups is 1. The molecule has 6 rings (SSSR count). The Hall–Kier alpha value is -7.24. The molecule has 0 saturated carbocycles.